The van der Waals surface area contributed by atoms with Crippen LogP contribution in [-0.4, -0.2) is 21.7 Å². The maximum Gasteiger partial charge on any atom is 0.259 e. The minimum Gasteiger partial charge on any atom is -0.374 e. The molecule has 3 aliphatic rings. The second-order valence-electron chi connectivity index (χ2n) is 8.04. The number of hydrogen-bond acceptors (Lipinski definition) is 5. The predicted molar refractivity (Wildman–Crippen MR) is 113 cm³/mol. The van der Waals surface area contributed by atoms with Gasteiger partial charge in [0.2, 0.25) is 0 Å². The van der Waals surface area contributed by atoms with Crippen LogP contribution < -0.4 is 15.1 Å². The molecule has 6 nitrogen and oxygen atoms in total. The van der Waals surface area contributed by atoms with Gasteiger partial charge in [0.05, 0.1) is 23.0 Å². The van der Waals surface area contributed by atoms with Crippen LogP contribution in [0, 0.1) is 24.1 Å². The number of carbonyl (C=O) groups excluding carboxylic acids is 1. The molecular formula is C22H19FN4O2S. The number of rotatable bonds is 2. The van der Waals surface area contributed by atoms with E-state index in [9.17, 15) is 15.2 Å². The smallest absolute Gasteiger partial charge is 0.259 e. The zero-order chi connectivity index (χ0) is 21.2. The van der Waals surface area contributed by atoms with Crippen LogP contribution >= 0.6 is 12.2 Å². The van der Waals surface area contributed by atoms with E-state index in [2.05, 4.69) is 11.4 Å². The van der Waals surface area contributed by atoms with Crippen molar-refractivity contribution in [3.05, 3.63) is 58.4 Å². The van der Waals surface area contributed by atoms with Gasteiger partial charge in [0.25, 0.3) is 5.91 Å². The lowest BCUT2D eigenvalue weighted by Crippen LogP contribution is -2.55. The van der Waals surface area contributed by atoms with Crippen LogP contribution in [0.4, 0.5) is 15.8 Å². The van der Waals surface area contributed by atoms with Crippen molar-refractivity contribution in [1.82, 2.24) is 5.32 Å². The highest BCUT2D eigenvalue weighted by atomic mass is 32.1. The number of nitrogens with one attached hydrogen (secondary N) is 1. The Morgan fingerprint density at radius 2 is 2.10 bits per heavy atom. The molecule has 1 aliphatic carbocycles. The van der Waals surface area contributed by atoms with Crippen LogP contribution in [0.3, 0.4) is 0 Å². The van der Waals surface area contributed by atoms with E-state index in [0.29, 0.717) is 41.8 Å². The van der Waals surface area contributed by atoms with Gasteiger partial charge in [-0.15, -0.1) is 0 Å². The molecule has 1 spiro atoms. The number of benzene rings is 2. The maximum atomic E-state index is 15.1. The molecule has 0 radical (unpaired) electrons. The molecule has 0 bridgehead atoms. The minimum absolute atomic E-state index is 0.179. The number of aliphatic hydroxyl groups excluding tert-OH is 1. The monoisotopic (exact) mass is 422 g/mol. The van der Waals surface area contributed by atoms with Gasteiger partial charge in [0, 0.05) is 12.1 Å². The van der Waals surface area contributed by atoms with Gasteiger partial charge in [0.1, 0.15) is 17.6 Å². The zero-order valence-corrected chi connectivity index (χ0v) is 17.1. The summed E-state index contributed by atoms with van der Waals surface area (Å²) in [5, 5.41) is 22.5. The number of nitrogens with zero attached hydrogens (tertiary/aromatic N) is 3. The van der Waals surface area contributed by atoms with E-state index in [4.69, 9.17) is 12.2 Å². The van der Waals surface area contributed by atoms with E-state index in [1.807, 2.05) is 0 Å². The number of thiocarbonyl (C=S) groups is 1. The van der Waals surface area contributed by atoms with Gasteiger partial charge >= 0.3 is 0 Å². The normalized spacial score (nSPS) is 21.7. The average molecular weight is 422 g/mol. The van der Waals surface area contributed by atoms with E-state index >= 15 is 4.39 Å². The van der Waals surface area contributed by atoms with Gasteiger partial charge in [-0.1, -0.05) is 0 Å². The van der Waals surface area contributed by atoms with Crippen LogP contribution in [0.5, 0.6) is 0 Å². The Hall–Kier alpha value is -2.86. The first-order valence-electron chi connectivity index (χ1n) is 9.80. The van der Waals surface area contributed by atoms with Crippen molar-refractivity contribution in [1.29, 1.82) is 5.26 Å². The van der Waals surface area contributed by atoms with Crippen molar-refractivity contribution >= 4 is 34.6 Å². The molecular weight excluding hydrogens is 403 g/mol. The van der Waals surface area contributed by atoms with E-state index in [1.54, 1.807) is 36.1 Å². The molecule has 0 aromatic heterocycles. The van der Waals surface area contributed by atoms with Crippen molar-refractivity contribution in [2.75, 3.05) is 9.80 Å². The fourth-order valence-electron chi connectivity index (χ4n) is 4.61. The Bertz CT molecular complexity index is 1150. The number of anilines is 2. The van der Waals surface area contributed by atoms with Crippen LogP contribution in [0.1, 0.15) is 47.7 Å². The van der Waals surface area contributed by atoms with Crippen LogP contribution in [0.15, 0.2) is 30.3 Å². The number of halogens is 1. The lowest BCUT2D eigenvalue weighted by molar-refractivity contribution is -0.123. The van der Waals surface area contributed by atoms with Gasteiger partial charge in [-0.2, -0.15) is 5.26 Å². The molecule has 2 aromatic rings. The van der Waals surface area contributed by atoms with Gasteiger partial charge in [-0.3, -0.25) is 15.0 Å². The summed E-state index contributed by atoms with van der Waals surface area (Å²) in [7, 11) is 0. The van der Waals surface area contributed by atoms with E-state index in [1.165, 1.54) is 11.0 Å². The topological polar surface area (TPSA) is 79.6 Å². The number of fused-ring (bicyclic) bond motifs is 1. The summed E-state index contributed by atoms with van der Waals surface area (Å²) in [6, 6.07) is 10.2. The number of aliphatic hydroxyl groups is 1. The second kappa shape index (κ2) is 6.57. The first-order chi connectivity index (χ1) is 14.4. The quantitative estimate of drug-likeness (QED) is 0.724. The first-order valence-corrected chi connectivity index (χ1v) is 10.2. The largest absolute Gasteiger partial charge is 0.374 e. The molecule has 30 heavy (non-hydrogen) atoms. The molecule has 1 saturated heterocycles. The van der Waals surface area contributed by atoms with E-state index in [-0.39, 0.29) is 16.7 Å². The molecule has 8 heteroatoms. The number of nitriles is 1. The van der Waals surface area contributed by atoms with E-state index < -0.39 is 17.6 Å². The fourth-order valence-corrected chi connectivity index (χ4v) is 5.07. The minimum atomic E-state index is -0.912. The lowest BCUT2D eigenvalue weighted by Gasteiger charge is -2.43. The number of hydrogen-bond donors (Lipinski definition) is 2. The molecule has 2 aromatic carbocycles. The second-order valence-corrected chi connectivity index (χ2v) is 8.41. The van der Waals surface area contributed by atoms with Gasteiger partial charge in [-0.25, -0.2) is 4.39 Å². The Morgan fingerprint density at radius 3 is 2.73 bits per heavy atom. The van der Waals surface area contributed by atoms with Crippen molar-refractivity contribution in [2.45, 2.75) is 44.5 Å². The standard InChI is InChI=1S/C22H19FN4O2S/c1-12-7-15(4-3-13(12)10-24)26-20(29)22(5-2-6-22)27(21(26)30)18-9-16-14(8-17(18)23)11-25-19(16)28/h3-4,7-9,19,25,28H,2,5-6,11H2,1H3. The average Bonchev–Trinajstić information content (AvgIpc) is 3.15. The molecule has 152 valence electrons. The SMILES string of the molecule is Cc1cc(N2C(=O)C3(CCC3)N(c3cc4c(cc3F)CNC4O)C2=S)ccc1C#N. The van der Waals surface area contributed by atoms with Crippen LogP contribution in [0.2, 0.25) is 0 Å². The van der Waals surface area contributed by atoms with Gasteiger partial charge < -0.3 is 10.0 Å². The fraction of sp³-hybridized carbons (Fsp3) is 0.318. The number of aryl methyl sites for hydroxylation is 1. The first kappa shape index (κ1) is 19.1. The maximum absolute atomic E-state index is 15.1. The van der Waals surface area contributed by atoms with Crippen molar-refractivity contribution in [2.24, 2.45) is 0 Å². The van der Waals surface area contributed by atoms with Crippen molar-refractivity contribution in [3.63, 3.8) is 0 Å². The van der Waals surface area contributed by atoms with Crippen molar-refractivity contribution < 1.29 is 14.3 Å². The zero-order valence-electron chi connectivity index (χ0n) is 16.3. The highest BCUT2D eigenvalue weighted by Gasteiger charge is 2.60. The molecule has 2 fully saturated rings. The molecule has 2 heterocycles. The molecule has 1 unspecified atom stereocenters. The Kier molecular flexibility index (Phi) is 4.19. The molecule has 5 rings (SSSR count). The van der Waals surface area contributed by atoms with Gasteiger partial charge in [0.15, 0.2) is 5.11 Å². The Labute approximate surface area is 178 Å². The third-order valence-corrected chi connectivity index (χ3v) is 6.78. The highest BCUT2D eigenvalue weighted by Crippen LogP contribution is 2.49. The molecule has 1 saturated carbocycles. The molecule has 2 N–H and O–H groups in total. The summed E-state index contributed by atoms with van der Waals surface area (Å²) in [5.41, 5.74) is 2.43. The number of amides is 1. The third kappa shape index (κ3) is 2.46. The van der Waals surface area contributed by atoms with E-state index in [0.717, 1.165) is 12.0 Å². The molecule has 1 atom stereocenters. The predicted octanol–water partition coefficient (Wildman–Crippen LogP) is 3.16. The molecule has 1 amide bonds. The Balaban J connectivity index is 1.63. The molecule has 2 aliphatic heterocycles. The summed E-state index contributed by atoms with van der Waals surface area (Å²) >= 11 is 5.69. The third-order valence-electron chi connectivity index (χ3n) is 6.41. The lowest BCUT2D eigenvalue weighted by atomic mass is 9.75. The summed E-state index contributed by atoms with van der Waals surface area (Å²) in [6.07, 6.45) is 1.13. The summed E-state index contributed by atoms with van der Waals surface area (Å²) in [6.45, 7) is 2.19. The summed E-state index contributed by atoms with van der Waals surface area (Å²) in [5.74, 6) is -0.648. The highest BCUT2D eigenvalue weighted by molar-refractivity contribution is 7.81. The van der Waals surface area contributed by atoms with Crippen LogP contribution in [0.25, 0.3) is 0 Å². The number of carbonyl (C=O) groups is 1. The Morgan fingerprint density at radius 1 is 1.33 bits per heavy atom. The van der Waals surface area contributed by atoms with Gasteiger partial charge in [-0.05, 0) is 79.9 Å². The van der Waals surface area contributed by atoms with Crippen LogP contribution in [-0.2, 0) is 11.3 Å². The summed E-state index contributed by atoms with van der Waals surface area (Å²) < 4.78 is 15.1. The van der Waals surface area contributed by atoms with Crippen molar-refractivity contribution in [3.8, 4) is 6.07 Å². The summed E-state index contributed by atoms with van der Waals surface area (Å²) in [4.78, 5) is 16.6.